The molecule has 0 bridgehead atoms. The van der Waals surface area contributed by atoms with Gasteiger partial charge in [-0.3, -0.25) is 9.48 Å². The average Bonchev–Trinajstić information content (AvgIpc) is 3.28. The molecule has 0 radical (unpaired) electrons. The van der Waals surface area contributed by atoms with Crippen LogP contribution < -0.4 is 0 Å². The zero-order valence-electron chi connectivity index (χ0n) is 12.9. The first-order valence-corrected chi connectivity index (χ1v) is 8.41. The molecule has 1 aromatic carbocycles. The van der Waals surface area contributed by atoms with Crippen LogP contribution in [0.4, 0.5) is 0 Å². The summed E-state index contributed by atoms with van der Waals surface area (Å²) in [6.07, 6.45) is 5.63. The third-order valence-corrected chi connectivity index (χ3v) is 4.35. The van der Waals surface area contributed by atoms with Gasteiger partial charge in [0.1, 0.15) is 0 Å². The molecule has 3 aromatic rings. The molecule has 0 aliphatic heterocycles. The lowest BCUT2D eigenvalue weighted by molar-refractivity contribution is 0.105. The van der Waals surface area contributed by atoms with Crippen LogP contribution in [-0.4, -0.2) is 15.6 Å². The molecular weight excluding hydrogens is 318 g/mol. The van der Waals surface area contributed by atoms with Crippen molar-refractivity contribution >= 4 is 23.2 Å². The standard InChI is InChI=1S/C19H15N3OS/c20-11-5-12-22-14-16(9-10-17(23)18-8-4-13-24-18)19(21-22)15-6-2-1-3-7-15/h1-4,6-10,13-14H,5,12H2/b10-9+. The highest BCUT2D eigenvalue weighted by Crippen LogP contribution is 2.23. The molecule has 5 heteroatoms. The molecule has 2 aromatic heterocycles. The number of ketones is 1. The fourth-order valence-electron chi connectivity index (χ4n) is 2.32. The van der Waals surface area contributed by atoms with E-state index in [9.17, 15) is 4.79 Å². The van der Waals surface area contributed by atoms with E-state index in [0.29, 0.717) is 17.8 Å². The predicted molar refractivity (Wildman–Crippen MR) is 95.6 cm³/mol. The van der Waals surface area contributed by atoms with Gasteiger partial charge in [-0.05, 0) is 23.6 Å². The van der Waals surface area contributed by atoms with Gasteiger partial charge in [0.15, 0.2) is 5.78 Å². The van der Waals surface area contributed by atoms with Crippen molar-refractivity contribution in [2.24, 2.45) is 0 Å². The van der Waals surface area contributed by atoms with Gasteiger partial charge >= 0.3 is 0 Å². The Morgan fingerprint density at radius 1 is 1.25 bits per heavy atom. The minimum atomic E-state index is -0.0196. The van der Waals surface area contributed by atoms with Crippen LogP contribution in [-0.2, 0) is 6.54 Å². The fraction of sp³-hybridized carbons (Fsp3) is 0.105. The molecule has 0 aliphatic rings. The number of rotatable bonds is 6. The Labute approximate surface area is 144 Å². The van der Waals surface area contributed by atoms with E-state index in [2.05, 4.69) is 11.2 Å². The maximum Gasteiger partial charge on any atom is 0.195 e. The topological polar surface area (TPSA) is 58.7 Å². The molecule has 0 saturated heterocycles. The summed E-state index contributed by atoms with van der Waals surface area (Å²) in [5.74, 6) is -0.0196. The quantitative estimate of drug-likeness (QED) is 0.495. The largest absolute Gasteiger partial charge is 0.288 e. The van der Waals surface area contributed by atoms with Crippen LogP contribution in [0.2, 0.25) is 0 Å². The number of nitrogens with zero attached hydrogens (tertiary/aromatic N) is 3. The van der Waals surface area contributed by atoms with Crippen LogP contribution in [0, 0.1) is 11.3 Å². The summed E-state index contributed by atoms with van der Waals surface area (Å²) in [4.78, 5) is 12.9. The number of carbonyl (C=O) groups is 1. The number of aryl methyl sites for hydroxylation is 1. The molecule has 0 atom stereocenters. The summed E-state index contributed by atoms with van der Waals surface area (Å²) in [6.45, 7) is 0.531. The van der Waals surface area contributed by atoms with Gasteiger partial charge < -0.3 is 0 Å². The van der Waals surface area contributed by atoms with Crippen LogP contribution in [0.5, 0.6) is 0 Å². The third kappa shape index (κ3) is 3.67. The lowest BCUT2D eigenvalue weighted by Gasteiger charge is -1.98. The summed E-state index contributed by atoms with van der Waals surface area (Å²) in [6, 6.07) is 15.6. The van der Waals surface area contributed by atoms with E-state index in [0.717, 1.165) is 16.8 Å². The van der Waals surface area contributed by atoms with Crippen LogP contribution in [0.15, 0.2) is 60.1 Å². The number of aromatic nitrogens is 2. The van der Waals surface area contributed by atoms with E-state index in [1.807, 2.05) is 54.0 Å². The van der Waals surface area contributed by atoms with Crippen molar-refractivity contribution in [2.75, 3.05) is 0 Å². The van der Waals surface area contributed by atoms with E-state index in [1.165, 1.54) is 11.3 Å². The van der Waals surface area contributed by atoms with Gasteiger partial charge in [0.05, 0.1) is 29.6 Å². The highest BCUT2D eigenvalue weighted by Gasteiger charge is 2.10. The second kappa shape index (κ2) is 7.53. The van der Waals surface area contributed by atoms with Crippen LogP contribution in [0.1, 0.15) is 21.7 Å². The Bertz CT molecular complexity index is 887. The van der Waals surface area contributed by atoms with Crippen molar-refractivity contribution in [3.8, 4) is 17.3 Å². The number of allylic oxidation sites excluding steroid dienone is 1. The Kier molecular flexibility index (Phi) is 4.99. The minimum absolute atomic E-state index is 0.0196. The van der Waals surface area contributed by atoms with Gasteiger partial charge in [-0.15, -0.1) is 11.3 Å². The SMILES string of the molecule is N#CCCn1cc(/C=C/C(=O)c2cccs2)c(-c2ccccc2)n1. The van der Waals surface area contributed by atoms with E-state index in [-0.39, 0.29) is 5.78 Å². The maximum atomic E-state index is 12.2. The van der Waals surface area contributed by atoms with Gasteiger partial charge in [0.25, 0.3) is 0 Å². The lowest BCUT2D eigenvalue weighted by atomic mass is 10.1. The Morgan fingerprint density at radius 2 is 2.08 bits per heavy atom. The van der Waals surface area contributed by atoms with Crippen LogP contribution in [0.3, 0.4) is 0 Å². The van der Waals surface area contributed by atoms with Gasteiger partial charge in [0, 0.05) is 17.3 Å². The molecule has 0 spiro atoms. The van der Waals surface area contributed by atoms with Crippen LogP contribution >= 0.6 is 11.3 Å². The molecule has 24 heavy (non-hydrogen) atoms. The number of carbonyl (C=O) groups excluding carboxylic acids is 1. The number of benzene rings is 1. The highest BCUT2D eigenvalue weighted by atomic mass is 32.1. The summed E-state index contributed by atoms with van der Waals surface area (Å²) in [5, 5.41) is 15.2. The number of nitriles is 1. The van der Waals surface area contributed by atoms with Gasteiger partial charge in [-0.2, -0.15) is 10.4 Å². The van der Waals surface area contributed by atoms with Crippen molar-refractivity contribution in [3.63, 3.8) is 0 Å². The Morgan fingerprint density at radius 3 is 2.79 bits per heavy atom. The van der Waals surface area contributed by atoms with Gasteiger partial charge in [-0.25, -0.2) is 0 Å². The summed E-state index contributed by atoms with van der Waals surface area (Å²) in [7, 11) is 0. The summed E-state index contributed by atoms with van der Waals surface area (Å²) >= 11 is 1.43. The first-order chi connectivity index (χ1) is 11.8. The fourth-order valence-corrected chi connectivity index (χ4v) is 2.97. The Hall–Kier alpha value is -2.97. The maximum absolute atomic E-state index is 12.2. The third-order valence-electron chi connectivity index (χ3n) is 3.47. The number of hydrogen-bond donors (Lipinski definition) is 0. The van der Waals surface area contributed by atoms with Crippen molar-refractivity contribution in [1.29, 1.82) is 5.26 Å². The van der Waals surface area contributed by atoms with Crippen LogP contribution in [0.25, 0.3) is 17.3 Å². The predicted octanol–water partition coefficient (Wildman–Crippen LogP) is 4.42. The smallest absolute Gasteiger partial charge is 0.195 e. The molecule has 2 heterocycles. The summed E-state index contributed by atoms with van der Waals surface area (Å²) < 4.78 is 1.75. The first-order valence-electron chi connectivity index (χ1n) is 7.53. The van der Waals surface area contributed by atoms with Crippen molar-refractivity contribution in [1.82, 2.24) is 9.78 Å². The minimum Gasteiger partial charge on any atom is -0.288 e. The van der Waals surface area contributed by atoms with E-state index in [1.54, 1.807) is 16.8 Å². The second-order valence-corrected chi connectivity index (χ2v) is 6.09. The normalized spacial score (nSPS) is 10.8. The molecule has 0 saturated carbocycles. The highest BCUT2D eigenvalue weighted by molar-refractivity contribution is 7.12. The van der Waals surface area contributed by atoms with Crippen molar-refractivity contribution < 1.29 is 4.79 Å². The van der Waals surface area contributed by atoms with Gasteiger partial charge in [0.2, 0.25) is 0 Å². The molecule has 0 amide bonds. The molecule has 4 nitrogen and oxygen atoms in total. The molecule has 0 fully saturated rings. The zero-order chi connectivity index (χ0) is 16.8. The lowest BCUT2D eigenvalue weighted by Crippen LogP contribution is -1.97. The number of thiophene rings is 1. The number of hydrogen-bond acceptors (Lipinski definition) is 4. The van der Waals surface area contributed by atoms with E-state index < -0.39 is 0 Å². The molecule has 0 unspecified atom stereocenters. The first kappa shape index (κ1) is 15.9. The van der Waals surface area contributed by atoms with Crippen molar-refractivity contribution in [2.45, 2.75) is 13.0 Å². The summed E-state index contributed by atoms with van der Waals surface area (Å²) in [5.41, 5.74) is 2.66. The Balaban J connectivity index is 1.92. The van der Waals surface area contributed by atoms with Crippen molar-refractivity contribution in [3.05, 3.63) is 70.6 Å². The molecule has 0 N–H and O–H groups in total. The van der Waals surface area contributed by atoms with E-state index in [4.69, 9.17) is 5.26 Å². The molecule has 3 rings (SSSR count). The average molecular weight is 333 g/mol. The second-order valence-electron chi connectivity index (χ2n) is 5.15. The molecule has 118 valence electrons. The van der Waals surface area contributed by atoms with Gasteiger partial charge in [-0.1, -0.05) is 36.4 Å². The van der Waals surface area contributed by atoms with E-state index >= 15 is 0 Å². The zero-order valence-corrected chi connectivity index (χ0v) is 13.7. The molecular formula is C19H15N3OS. The molecule has 0 aliphatic carbocycles. The monoisotopic (exact) mass is 333 g/mol.